The van der Waals surface area contributed by atoms with Crippen LogP contribution in [0.15, 0.2) is 30.3 Å². The third-order valence-corrected chi connectivity index (χ3v) is 3.24. The maximum atomic E-state index is 3.50. The summed E-state index contributed by atoms with van der Waals surface area (Å²) in [6.07, 6.45) is 2.77. The SMILES string of the molecule is CC(C)NCCN(Cc1ccccc1)C1CC1. The third kappa shape index (κ3) is 4.49. The van der Waals surface area contributed by atoms with E-state index in [1.54, 1.807) is 0 Å². The van der Waals surface area contributed by atoms with Crippen LogP contribution in [-0.4, -0.2) is 30.1 Å². The Balaban J connectivity index is 1.81. The van der Waals surface area contributed by atoms with Crippen LogP contribution < -0.4 is 5.32 Å². The summed E-state index contributed by atoms with van der Waals surface area (Å²) in [6.45, 7) is 7.78. The molecule has 1 saturated carbocycles. The molecule has 0 saturated heterocycles. The van der Waals surface area contributed by atoms with Gasteiger partial charge in [0.1, 0.15) is 0 Å². The Labute approximate surface area is 105 Å². The van der Waals surface area contributed by atoms with Crippen LogP contribution in [0.5, 0.6) is 0 Å². The highest BCUT2D eigenvalue weighted by Gasteiger charge is 2.28. The van der Waals surface area contributed by atoms with Crippen molar-refractivity contribution in [1.29, 1.82) is 0 Å². The summed E-state index contributed by atoms with van der Waals surface area (Å²) in [5.74, 6) is 0. The molecule has 1 aromatic rings. The van der Waals surface area contributed by atoms with E-state index in [0.29, 0.717) is 6.04 Å². The second-order valence-electron chi connectivity index (χ2n) is 5.30. The zero-order valence-corrected chi connectivity index (χ0v) is 11.0. The summed E-state index contributed by atoms with van der Waals surface area (Å²) >= 11 is 0. The average Bonchev–Trinajstić information content (AvgIpc) is 3.12. The van der Waals surface area contributed by atoms with Gasteiger partial charge >= 0.3 is 0 Å². The molecular formula is C15H24N2. The molecule has 0 aliphatic heterocycles. The minimum atomic E-state index is 0.591. The Bertz CT molecular complexity index is 317. The van der Waals surface area contributed by atoms with Gasteiger partial charge in [0.15, 0.2) is 0 Å². The fourth-order valence-corrected chi connectivity index (χ4v) is 2.15. The highest BCUT2D eigenvalue weighted by atomic mass is 15.2. The molecule has 1 aliphatic carbocycles. The summed E-state index contributed by atoms with van der Waals surface area (Å²) in [5.41, 5.74) is 1.43. The van der Waals surface area contributed by atoms with Crippen LogP contribution >= 0.6 is 0 Å². The van der Waals surface area contributed by atoms with Crippen molar-refractivity contribution in [3.8, 4) is 0 Å². The van der Waals surface area contributed by atoms with Gasteiger partial charge in [0.2, 0.25) is 0 Å². The summed E-state index contributed by atoms with van der Waals surface area (Å²) < 4.78 is 0. The zero-order chi connectivity index (χ0) is 12.1. The number of hydrogen-bond acceptors (Lipinski definition) is 2. The molecule has 0 atom stereocenters. The van der Waals surface area contributed by atoms with E-state index in [-0.39, 0.29) is 0 Å². The molecule has 94 valence electrons. The molecule has 17 heavy (non-hydrogen) atoms. The Morgan fingerprint density at radius 2 is 1.94 bits per heavy atom. The van der Waals surface area contributed by atoms with Crippen molar-refractivity contribution in [3.05, 3.63) is 35.9 Å². The Morgan fingerprint density at radius 3 is 2.53 bits per heavy atom. The lowest BCUT2D eigenvalue weighted by molar-refractivity contribution is 0.252. The van der Waals surface area contributed by atoms with Crippen molar-refractivity contribution in [2.24, 2.45) is 0 Å². The van der Waals surface area contributed by atoms with E-state index in [9.17, 15) is 0 Å². The Morgan fingerprint density at radius 1 is 1.24 bits per heavy atom. The normalized spacial score (nSPS) is 15.8. The van der Waals surface area contributed by atoms with Gasteiger partial charge in [0.25, 0.3) is 0 Å². The highest BCUT2D eigenvalue weighted by Crippen LogP contribution is 2.27. The van der Waals surface area contributed by atoms with Crippen LogP contribution in [0.4, 0.5) is 0 Å². The van der Waals surface area contributed by atoms with Crippen LogP contribution in [0.25, 0.3) is 0 Å². The van der Waals surface area contributed by atoms with Crippen LogP contribution in [-0.2, 0) is 6.54 Å². The van der Waals surface area contributed by atoms with E-state index in [4.69, 9.17) is 0 Å². The molecule has 0 aromatic heterocycles. The van der Waals surface area contributed by atoms with E-state index in [0.717, 1.165) is 25.7 Å². The van der Waals surface area contributed by atoms with Gasteiger partial charge in [0, 0.05) is 31.7 Å². The number of benzene rings is 1. The fourth-order valence-electron chi connectivity index (χ4n) is 2.15. The summed E-state index contributed by atoms with van der Waals surface area (Å²) in [7, 11) is 0. The number of nitrogens with zero attached hydrogens (tertiary/aromatic N) is 1. The lowest BCUT2D eigenvalue weighted by Gasteiger charge is -2.23. The molecule has 1 N–H and O–H groups in total. The maximum absolute atomic E-state index is 3.50. The minimum Gasteiger partial charge on any atom is -0.313 e. The van der Waals surface area contributed by atoms with Gasteiger partial charge in [-0.1, -0.05) is 44.2 Å². The van der Waals surface area contributed by atoms with Crippen LogP contribution in [0.1, 0.15) is 32.3 Å². The van der Waals surface area contributed by atoms with Gasteiger partial charge in [0.05, 0.1) is 0 Å². The predicted octanol–water partition coefficient (Wildman–Crippen LogP) is 2.65. The molecule has 2 heteroatoms. The first-order valence-electron chi connectivity index (χ1n) is 6.77. The van der Waals surface area contributed by atoms with Crippen molar-refractivity contribution in [2.75, 3.05) is 13.1 Å². The monoisotopic (exact) mass is 232 g/mol. The molecule has 1 aromatic carbocycles. The quantitative estimate of drug-likeness (QED) is 0.777. The fraction of sp³-hybridized carbons (Fsp3) is 0.600. The molecule has 0 bridgehead atoms. The van der Waals surface area contributed by atoms with Crippen LogP contribution in [0, 0.1) is 0 Å². The number of rotatable bonds is 7. The van der Waals surface area contributed by atoms with E-state index >= 15 is 0 Å². The molecule has 2 rings (SSSR count). The second-order valence-corrected chi connectivity index (χ2v) is 5.30. The first kappa shape index (κ1) is 12.6. The highest BCUT2D eigenvalue weighted by molar-refractivity contribution is 5.14. The molecule has 0 unspecified atom stereocenters. The van der Waals surface area contributed by atoms with Gasteiger partial charge in [-0.3, -0.25) is 4.90 Å². The summed E-state index contributed by atoms with van der Waals surface area (Å²) in [5, 5.41) is 3.50. The standard InChI is InChI=1S/C15H24N2/c1-13(2)16-10-11-17(15-8-9-15)12-14-6-4-3-5-7-14/h3-7,13,15-16H,8-12H2,1-2H3. The largest absolute Gasteiger partial charge is 0.313 e. The minimum absolute atomic E-state index is 0.591. The summed E-state index contributed by atoms with van der Waals surface area (Å²) in [4.78, 5) is 2.62. The van der Waals surface area contributed by atoms with Crippen molar-refractivity contribution in [2.45, 2.75) is 45.3 Å². The van der Waals surface area contributed by atoms with Crippen molar-refractivity contribution >= 4 is 0 Å². The van der Waals surface area contributed by atoms with E-state index in [2.05, 4.69) is 54.4 Å². The van der Waals surface area contributed by atoms with Crippen LogP contribution in [0.3, 0.4) is 0 Å². The number of nitrogens with one attached hydrogen (secondary N) is 1. The molecule has 0 amide bonds. The topological polar surface area (TPSA) is 15.3 Å². The first-order valence-corrected chi connectivity index (χ1v) is 6.77. The Hall–Kier alpha value is -0.860. The lowest BCUT2D eigenvalue weighted by Crippen LogP contribution is -2.35. The lowest BCUT2D eigenvalue weighted by atomic mass is 10.2. The average molecular weight is 232 g/mol. The van der Waals surface area contributed by atoms with Crippen LogP contribution in [0.2, 0.25) is 0 Å². The number of hydrogen-bond donors (Lipinski definition) is 1. The zero-order valence-electron chi connectivity index (χ0n) is 11.0. The van der Waals surface area contributed by atoms with Gasteiger partial charge in [-0.15, -0.1) is 0 Å². The van der Waals surface area contributed by atoms with E-state index in [1.807, 2.05) is 0 Å². The van der Waals surface area contributed by atoms with Gasteiger partial charge in [-0.05, 0) is 18.4 Å². The van der Waals surface area contributed by atoms with E-state index in [1.165, 1.54) is 18.4 Å². The maximum Gasteiger partial charge on any atom is 0.0237 e. The molecule has 1 fully saturated rings. The van der Waals surface area contributed by atoms with Crippen molar-refractivity contribution < 1.29 is 0 Å². The van der Waals surface area contributed by atoms with Gasteiger partial charge in [-0.25, -0.2) is 0 Å². The third-order valence-electron chi connectivity index (χ3n) is 3.24. The molecule has 0 spiro atoms. The summed E-state index contributed by atoms with van der Waals surface area (Å²) in [6, 6.07) is 12.2. The van der Waals surface area contributed by atoms with E-state index < -0.39 is 0 Å². The Kier molecular flexibility index (Phi) is 4.57. The van der Waals surface area contributed by atoms with Gasteiger partial charge in [-0.2, -0.15) is 0 Å². The predicted molar refractivity (Wildman–Crippen MR) is 73.0 cm³/mol. The molecule has 0 radical (unpaired) electrons. The molecule has 2 nitrogen and oxygen atoms in total. The smallest absolute Gasteiger partial charge is 0.0237 e. The first-order chi connectivity index (χ1) is 8.25. The van der Waals surface area contributed by atoms with Crippen molar-refractivity contribution in [1.82, 2.24) is 10.2 Å². The van der Waals surface area contributed by atoms with Crippen molar-refractivity contribution in [3.63, 3.8) is 0 Å². The second kappa shape index (κ2) is 6.18. The van der Waals surface area contributed by atoms with Gasteiger partial charge < -0.3 is 5.32 Å². The molecule has 0 heterocycles. The molecular weight excluding hydrogens is 208 g/mol. The molecule has 1 aliphatic rings.